The highest BCUT2D eigenvalue weighted by atomic mass is 16.5. The van der Waals surface area contributed by atoms with Gasteiger partial charge in [0.1, 0.15) is 0 Å². The van der Waals surface area contributed by atoms with Crippen LogP contribution >= 0.6 is 0 Å². The molecule has 0 radical (unpaired) electrons. The summed E-state index contributed by atoms with van der Waals surface area (Å²) in [6, 6.07) is 0. The van der Waals surface area contributed by atoms with E-state index in [-0.39, 0.29) is 6.09 Å². The summed E-state index contributed by atoms with van der Waals surface area (Å²) in [5, 5.41) is 0. The van der Waals surface area contributed by atoms with Crippen LogP contribution in [0, 0.1) is 5.92 Å². The minimum Gasteiger partial charge on any atom is -0.453 e. The van der Waals surface area contributed by atoms with E-state index >= 15 is 0 Å². The van der Waals surface area contributed by atoms with Crippen molar-refractivity contribution in [3.05, 3.63) is 0 Å². The van der Waals surface area contributed by atoms with Crippen LogP contribution < -0.4 is 0 Å². The number of piperidine rings is 1. The third-order valence-electron chi connectivity index (χ3n) is 2.72. The van der Waals surface area contributed by atoms with E-state index in [4.69, 9.17) is 0 Å². The van der Waals surface area contributed by atoms with Gasteiger partial charge in [-0.25, -0.2) is 4.79 Å². The Labute approximate surface area is 93.8 Å². The van der Waals surface area contributed by atoms with Crippen molar-refractivity contribution >= 4 is 6.09 Å². The van der Waals surface area contributed by atoms with Gasteiger partial charge in [-0.15, -0.1) is 0 Å². The summed E-state index contributed by atoms with van der Waals surface area (Å²) in [4.78, 5) is 12.7. The Morgan fingerprint density at radius 3 is 2.07 bits per heavy atom. The van der Waals surface area contributed by atoms with Crippen LogP contribution in [0.3, 0.4) is 0 Å². The molecular weight excluding hydrogens is 190 g/mol. The van der Waals surface area contributed by atoms with E-state index in [1.807, 2.05) is 0 Å². The highest BCUT2D eigenvalue weighted by Gasteiger charge is 2.19. The van der Waals surface area contributed by atoms with Gasteiger partial charge in [-0.05, 0) is 18.8 Å². The summed E-state index contributed by atoms with van der Waals surface area (Å²) in [6.07, 6.45) is 4.67. The van der Waals surface area contributed by atoms with Gasteiger partial charge in [-0.2, -0.15) is 0 Å². The number of likely N-dealkylation sites (tertiary alicyclic amines) is 1. The second-order valence-electron chi connectivity index (χ2n) is 4.14. The van der Waals surface area contributed by atoms with E-state index in [2.05, 4.69) is 25.5 Å². The Kier molecular flexibility index (Phi) is 8.15. The molecule has 0 aromatic rings. The number of ether oxygens (including phenoxy) is 1. The molecule has 1 fully saturated rings. The van der Waals surface area contributed by atoms with Gasteiger partial charge < -0.3 is 9.64 Å². The fourth-order valence-corrected chi connectivity index (χ4v) is 1.32. The summed E-state index contributed by atoms with van der Waals surface area (Å²) in [5.41, 5.74) is 0. The van der Waals surface area contributed by atoms with Gasteiger partial charge in [0.2, 0.25) is 0 Å². The zero-order valence-electron chi connectivity index (χ0n) is 10.6. The zero-order valence-corrected chi connectivity index (χ0v) is 10.6. The smallest absolute Gasteiger partial charge is 0.409 e. The summed E-state index contributed by atoms with van der Waals surface area (Å²) in [5.74, 6) is 0.760. The van der Waals surface area contributed by atoms with E-state index in [9.17, 15) is 4.79 Å². The first kappa shape index (κ1) is 14.3. The molecule has 0 N–H and O–H groups in total. The maximum Gasteiger partial charge on any atom is 0.409 e. The van der Waals surface area contributed by atoms with Gasteiger partial charge in [-0.3, -0.25) is 0 Å². The number of methoxy groups -OCH3 is 1. The molecule has 90 valence electrons. The number of hydrogen-bond acceptors (Lipinski definition) is 2. The monoisotopic (exact) mass is 215 g/mol. The molecule has 0 atom stereocenters. The van der Waals surface area contributed by atoms with Gasteiger partial charge in [0.25, 0.3) is 0 Å². The van der Waals surface area contributed by atoms with Crippen LogP contribution in [0.2, 0.25) is 0 Å². The van der Waals surface area contributed by atoms with Crippen LogP contribution in [0.1, 0.15) is 46.5 Å². The van der Waals surface area contributed by atoms with Gasteiger partial charge >= 0.3 is 6.09 Å². The van der Waals surface area contributed by atoms with Crippen LogP contribution in [0.15, 0.2) is 0 Å². The Morgan fingerprint density at radius 2 is 1.73 bits per heavy atom. The van der Waals surface area contributed by atoms with Crippen LogP contribution in [-0.4, -0.2) is 31.2 Å². The molecule has 1 heterocycles. The van der Waals surface area contributed by atoms with Gasteiger partial charge in [0.05, 0.1) is 7.11 Å². The summed E-state index contributed by atoms with van der Waals surface area (Å²) < 4.78 is 4.61. The molecule has 15 heavy (non-hydrogen) atoms. The predicted molar refractivity (Wildman–Crippen MR) is 63.0 cm³/mol. The molecule has 1 saturated heterocycles. The Balaban J connectivity index is 0.000000423. The molecule has 3 nitrogen and oxygen atoms in total. The molecule has 0 saturated carbocycles. The summed E-state index contributed by atoms with van der Waals surface area (Å²) >= 11 is 0. The minimum atomic E-state index is -0.183. The summed E-state index contributed by atoms with van der Waals surface area (Å²) in [7, 11) is 1.43. The molecule has 0 aromatic carbocycles. The molecule has 0 unspecified atom stereocenters. The van der Waals surface area contributed by atoms with Crippen molar-refractivity contribution in [3.8, 4) is 0 Å². The summed E-state index contributed by atoms with van der Waals surface area (Å²) in [6.45, 7) is 8.29. The molecular formula is C12H25NO2. The molecule has 1 aliphatic rings. The first-order valence-corrected chi connectivity index (χ1v) is 5.98. The zero-order chi connectivity index (χ0) is 11.7. The lowest BCUT2D eigenvalue weighted by atomic mass is 10.00. The first-order chi connectivity index (χ1) is 7.15. The molecule has 1 aliphatic heterocycles. The second kappa shape index (κ2) is 8.57. The van der Waals surface area contributed by atoms with Gasteiger partial charge in [0, 0.05) is 13.1 Å². The lowest BCUT2D eigenvalue weighted by molar-refractivity contribution is 0.108. The molecule has 0 bridgehead atoms. The number of hydrogen-bond donors (Lipinski definition) is 0. The van der Waals surface area contributed by atoms with Gasteiger partial charge in [0.15, 0.2) is 0 Å². The SMILES string of the molecule is CCCC.COC(=O)N1CCC(C)CC1. The fourth-order valence-electron chi connectivity index (χ4n) is 1.32. The van der Waals surface area contributed by atoms with E-state index in [0.717, 1.165) is 31.8 Å². The van der Waals surface area contributed by atoms with Crippen molar-refractivity contribution < 1.29 is 9.53 Å². The van der Waals surface area contributed by atoms with Crippen LogP contribution in [0.25, 0.3) is 0 Å². The topological polar surface area (TPSA) is 29.5 Å². The van der Waals surface area contributed by atoms with Crippen LogP contribution in [-0.2, 0) is 4.74 Å². The van der Waals surface area contributed by atoms with Crippen molar-refractivity contribution in [2.24, 2.45) is 5.92 Å². The Hall–Kier alpha value is -0.730. The van der Waals surface area contributed by atoms with Crippen molar-refractivity contribution in [3.63, 3.8) is 0 Å². The average Bonchev–Trinajstić information content (AvgIpc) is 2.29. The number of carbonyl (C=O) groups is 1. The third-order valence-corrected chi connectivity index (χ3v) is 2.72. The average molecular weight is 215 g/mol. The number of amides is 1. The Bertz CT molecular complexity index is 161. The normalized spacial score (nSPS) is 16.7. The van der Waals surface area contributed by atoms with Crippen molar-refractivity contribution in [1.82, 2.24) is 4.90 Å². The van der Waals surface area contributed by atoms with Crippen LogP contribution in [0.4, 0.5) is 4.79 Å². The van der Waals surface area contributed by atoms with E-state index in [1.54, 1.807) is 4.90 Å². The molecule has 1 rings (SSSR count). The van der Waals surface area contributed by atoms with E-state index in [1.165, 1.54) is 20.0 Å². The van der Waals surface area contributed by atoms with Crippen molar-refractivity contribution in [2.45, 2.75) is 46.5 Å². The van der Waals surface area contributed by atoms with Crippen molar-refractivity contribution in [2.75, 3.05) is 20.2 Å². The van der Waals surface area contributed by atoms with E-state index < -0.39 is 0 Å². The lowest BCUT2D eigenvalue weighted by Gasteiger charge is -2.28. The second-order valence-corrected chi connectivity index (χ2v) is 4.14. The number of rotatable bonds is 1. The first-order valence-electron chi connectivity index (χ1n) is 5.98. The number of nitrogens with zero attached hydrogens (tertiary/aromatic N) is 1. The van der Waals surface area contributed by atoms with Crippen molar-refractivity contribution in [1.29, 1.82) is 0 Å². The predicted octanol–water partition coefficient (Wildman–Crippen LogP) is 3.29. The minimum absolute atomic E-state index is 0.183. The molecule has 0 spiro atoms. The fraction of sp³-hybridized carbons (Fsp3) is 0.917. The molecule has 1 amide bonds. The number of unbranched alkanes of at least 4 members (excludes halogenated alkanes) is 1. The molecule has 0 aliphatic carbocycles. The highest BCUT2D eigenvalue weighted by Crippen LogP contribution is 2.16. The highest BCUT2D eigenvalue weighted by molar-refractivity contribution is 5.67. The largest absolute Gasteiger partial charge is 0.453 e. The third kappa shape index (κ3) is 6.37. The maximum absolute atomic E-state index is 11.0. The molecule has 3 heteroatoms. The van der Waals surface area contributed by atoms with Gasteiger partial charge in [-0.1, -0.05) is 33.6 Å². The quantitative estimate of drug-likeness (QED) is 0.671. The number of carbonyl (C=O) groups excluding carboxylic acids is 1. The lowest BCUT2D eigenvalue weighted by Crippen LogP contribution is -2.37. The van der Waals surface area contributed by atoms with Crippen LogP contribution in [0.5, 0.6) is 0 Å². The van der Waals surface area contributed by atoms with E-state index in [0.29, 0.717) is 0 Å². The molecule has 0 aromatic heterocycles. The maximum atomic E-state index is 11.0. The standard InChI is InChI=1S/C8H15NO2.C4H10/c1-7-3-5-9(6-4-7)8(10)11-2;1-3-4-2/h7H,3-6H2,1-2H3;3-4H2,1-2H3. The Morgan fingerprint density at radius 1 is 1.27 bits per heavy atom.